The molecular weight excluding hydrogens is 160 g/mol. The van der Waals surface area contributed by atoms with E-state index in [-0.39, 0.29) is 0 Å². The molecule has 0 aliphatic carbocycles. The number of nitrogens with zero attached hydrogens (tertiary/aromatic N) is 1. The Hall–Kier alpha value is -1.51. The Morgan fingerprint density at radius 2 is 1.83 bits per heavy atom. The average molecular weight is 167 g/mol. The highest BCUT2D eigenvalue weighted by Crippen LogP contribution is 2.22. The summed E-state index contributed by atoms with van der Waals surface area (Å²) in [6, 6.07) is 2.02. The summed E-state index contributed by atoms with van der Waals surface area (Å²) in [4.78, 5) is 3.52. The summed E-state index contributed by atoms with van der Waals surface area (Å²) in [6.07, 6.45) is 1.40. The molecule has 12 heavy (non-hydrogen) atoms. The van der Waals surface area contributed by atoms with E-state index in [0.717, 1.165) is 12.1 Å². The van der Waals surface area contributed by atoms with Crippen molar-refractivity contribution in [3.8, 4) is 0 Å². The summed E-state index contributed by atoms with van der Waals surface area (Å²) in [7, 11) is 0. The molecule has 1 aromatic carbocycles. The Balaban J connectivity index is 3.37. The van der Waals surface area contributed by atoms with E-state index in [4.69, 9.17) is 0 Å². The third-order valence-corrected chi connectivity index (χ3v) is 1.46. The molecule has 0 aromatic heterocycles. The van der Waals surface area contributed by atoms with Crippen LogP contribution in [0.4, 0.5) is 14.5 Å². The summed E-state index contributed by atoms with van der Waals surface area (Å²) in [5.41, 5.74) is 0.729. The highest BCUT2D eigenvalue weighted by molar-refractivity contribution is 5.64. The molecule has 0 aliphatic heterocycles. The summed E-state index contributed by atoms with van der Waals surface area (Å²) in [6.45, 7) is 6.66. The lowest BCUT2D eigenvalue weighted by atomic mass is 10.1. The number of rotatable bonds is 2. The monoisotopic (exact) mass is 167 g/mol. The Kier molecular flexibility index (Phi) is 2.33. The number of hydrogen-bond acceptors (Lipinski definition) is 1. The van der Waals surface area contributed by atoms with Crippen molar-refractivity contribution in [3.63, 3.8) is 0 Å². The number of benzene rings is 1. The summed E-state index contributed by atoms with van der Waals surface area (Å²) in [5, 5.41) is 0. The van der Waals surface area contributed by atoms with Crippen LogP contribution in [-0.4, -0.2) is 6.72 Å². The lowest BCUT2D eigenvalue weighted by Gasteiger charge is -2.00. The predicted molar refractivity (Wildman–Crippen MR) is 45.7 cm³/mol. The lowest BCUT2D eigenvalue weighted by Crippen LogP contribution is -1.85. The van der Waals surface area contributed by atoms with E-state index in [1.165, 1.54) is 6.08 Å². The fourth-order valence-electron chi connectivity index (χ4n) is 0.852. The molecule has 0 amide bonds. The van der Waals surface area contributed by atoms with Crippen molar-refractivity contribution in [2.75, 3.05) is 0 Å². The molecule has 0 atom stereocenters. The van der Waals surface area contributed by atoms with Gasteiger partial charge < -0.3 is 0 Å². The van der Waals surface area contributed by atoms with Crippen molar-refractivity contribution < 1.29 is 8.78 Å². The molecule has 0 unspecified atom stereocenters. The van der Waals surface area contributed by atoms with E-state index >= 15 is 0 Å². The first-order valence-electron chi connectivity index (χ1n) is 3.27. The van der Waals surface area contributed by atoms with E-state index in [0.29, 0.717) is 11.3 Å². The first-order valence-corrected chi connectivity index (χ1v) is 3.27. The molecule has 0 spiro atoms. The van der Waals surface area contributed by atoms with Crippen LogP contribution in [-0.2, 0) is 0 Å². The molecule has 1 aromatic rings. The molecule has 0 fully saturated rings. The fraction of sp³-hybridized carbons (Fsp3) is 0. The Labute approximate surface area is 69.1 Å². The van der Waals surface area contributed by atoms with Gasteiger partial charge in [-0.15, -0.1) is 0 Å². The fourth-order valence-corrected chi connectivity index (χ4v) is 0.852. The van der Waals surface area contributed by atoms with Gasteiger partial charge in [-0.05, 0) is 12.8 Å². The van der Waals surface area contributed by atoms with Gasteiger partial charge in [0.25, 0.3) is 0 Å². The van der Waals surface area contributed by atoms with Crippen molar-refractivity contribution >= 4 is 18.5 Å². The number of hydrogen-bond donors (Lipinski definition) is 0. The zero-order valence-electron chi connectivity index (χ0n) is 6.35. The predicted octanol–water partition coefficient (Wildman–Crippen LogP) is 2.94. The van der Waals surface area contributed by atoms with E-state index < -0.39 is 11.6 Å². The topological polar surface area (TPSA) is 12.4 Å². The van der Waals surface area contributed by atoms with Gasteiger partial charge in [0.15, 0.2) is 11.6 Å². The van der Waals surface area contributed by atoms with Crippen LogP contribution in [0.2, 0.25) is 0 Å². The van der Waals surface area contributed by atoms with Crippen LogP contribution in [0.1, 0.15) is 5.56 Å². The van der Waals surface area contributed by atoms with Crippen LogP contribution >= 0.6 is 0 Å². The lowest BCUT2D eigenvalue weighted by molar-refractivity contribution is 0.509. The Bertz CT molecular complexity index is 299. The minimum atomic E-state index is -0.928. The largest absolute Gasteiger partial charge is 0.264 e. The van der Waals surface area contributed by atoms with Crippen molar-refractivity contribution in [3.05, 3.63) is 35.9 Å². The van der Waals surface area contributed by atoms with Crippen LogP contribution < -0.4 is 0 Å². The first kappa shape index (κ1) is 8.59. The highest BCUT2D eigenvalue weighted by Gasteiger charge is 2.05. The number of halogens is 2. The van der Waals surface area contributed by atoms with Gasteiger partial charge in [0.2, 0.25) is 0 Å². The average Bonchev–Trinajstić information content (AvgIpc) is 2.09. The molecule has 0 N–H and O–H groups in total. The van der Waals surface area contributed by atoms with Crippen molar-refractivity contribution in [2.45, 2.75) is 0 Å². The van der Waals surface area contributed by atoms with Crippen LogP contribution in [0.15, 0.2) is 23.7 Å². The maximum Gasteiger partial charge on any atom is 0.161 e. The molecule has 62 valence electrons. The van der Waals surface area contributed by atoms with Gasteiger partial charge in [-0.1, -0.05) is 12.7 Å². The molecule has 1 nitrogen and oxygen atoms in total. The molecule has 0 aliphatic rings. The summed E-state index contributed by atoms with van der Waals surface area (Å²) >= 11 is 0. The second-order valence-electron chi connectivity index (χ2n) is 2.19. The second-order valence-corrected chi connectivity index (χ2v) is 2.19. The molecule has 1 rings (SSSR count). The molecule has 3 heteroatoms. The normalized spacial score (nSPS) is 9.50. The van der Waals surface area contributed by atoms with Crippen LogP contribution in [0, 0.1) is 11.6 Å². The first-order chi connectivity index (χ1) is 5.69. The third-order valence-electron chi connectivity index (χ3n) is 1.46. The highest BCUT2D eigenvalue weighted by atomic mass is 19.2. The molecule has 0 heterocycles. The standard InChI is InChI=1S/C9H7F2N/c1-3-6-4-7(10)8(11)5-9(6)12-2/h3-5H,1-2H2. The van der Waals surface area contributed by atoms with E-state index in [9.17, 15) is 8.78 Å². The summed E-state index contributed by atoms with van der Waals surface area (Å²) in [5.74, 6) is -1.83. The minimum absolute atomic E-state index is 0.295. The van der Waals surface area contributed by atoms with E-state index in [1.54, 1.807) is 0 Å². The maximum atomic E-state index is 12.6. The van der Waals surface area contributed by atoms with Crippen molar-refractivity contribution in [1.82, 2.24) is 0 Å². The van der Waals surface area contributed by atoms with Gasteiger partial charge in [-0.25, -0.2) is 8.78 Å². The van der Waals surface area contributed by atoms with Crippen LogP contribution in [0.5, 0.6) is 0 Å². The zero-order chi connectivity index (χ0) is 9.14. The molecule has 0 saturated heterocycles. The van der Waals surface area contributed by atoms with Crippen molar-refractivity contribution in [1.29, 1.82) is 0 Å². The van der Waals surface area contributed by atoms with Gasteiger partial charge in [0.05, 0.1) is 5.69 Å². The van der Waals surface area contributed by atoms with Gasteiger partial charge in [0.1, 0.15) is 0 Å². The quantitative estimate of drug-likeness (QED) is 0.600. The molecule has 0 bridgehead atoms. The molecule has 0 radical (unpaired) electrons. The SMILES string of the molecule is C=Cc1cc(F)c(F)cc1N=C. The second kappa shape index (κ2) is 3.26. The zero-order valence-corrected chi connectivity index (χ0v) is 6.35. The van der Waals surface area contributed by atoms with Gasteiger partial charge in [-0.3, -0.25) is 4.99 Å². The van der Waals surface area contributed by atoms with Crippen LogP contribution in [0.3, 0.4) is 0 Å². The van der Waals surface area contributed by atoms with E-state index in [2.05, 4.69) is 18.3 Å². The van der Waals surface area contributed by atoms with Crippen LogP contribution in [0.25, 0.3) is 6.08 Å². The van der Waals surface area contributed by atoms with Gasteiger partial charge in [0, 0.05) is 11.6 Å². The Morgan fingerprint density at radius 1 is 1.25 bits per heavy atom. The number of aliphatic imine (C=N–C) groups is 1. The maximum absolute atomic E-state index is 12.6. The van der Waals surface area contributed by atoms with Gasteiger partial charge in [-0.2, -0.15) is 0 Å². The third kappa shape index (κ3) is 1.39. The smallest absolute Gasteiger partial charge is 0.161 e. The Morgan fingerprint density at radius 3 is 2.33 bits per heavy atom. The van der Waals surface area contributed by atoms with Gasteiger partial charge >= 0.3 is 0 Å². The van der Waals surface area contributed by atoms with Crippen molar-refractivity contribution in [2.24, 2.45) is 4.99 Å². The molecular formula is C9H7F2N. The van der Waals surface area contributed by atoms with E-state index in [1.807, 2.05) is 0 Å². The molecule has 0 saturated carbocycles. The minimum Gasteiger partial charge on any atom is -0.264 e. The summed E-state index contributed by atoms with van der Waals surface area (Å²) < 4.78 is 25.2.